The standard InChI is InChI=1S/C18H14F2N2O3/c1-24-16-10-12(6-8-15(16)25-18(19)20)7-9-17(23)22-14-5-3-2-4-13(14)11-21/h2-10,18H,1H3,(H,22,23). The molecule has 2 rings (SSSR count). The predicted octanol–water partition coefficient (Wildman–Crippen LogP) is 3.82. The number of amides is 1. The molecule has 0 saturated heterocycles. The Morgan fingerprint density at radius 1 is 1.24 bits per heavy atom. The zero-order valence-electron chi connectivity index (χ0n) is 13.2. The molecule has 0 heterocycles. The quantitative estimate of drug-likeness (QED) is 0.809. The minimum absolute atomic E-state index is 0.0953. The van der Waals surface area contributed by atoms with Crippen molar-refractivity contribution in [2.24, 2.45) is 0 Å². The maximum atomic E-state index is 12.3. The van der Waals surface area contributed by atoms with E-state index in [1.165, 1.54) is 37.5 Å². The van der Waals surface area contributed by atoms with Crippen molar-refractivity contribution in [3.8, 4) is 17.6 Å². The van der Waals surface area contributed by atoms with Gasteiger partial charge in [-0.3, -0.25) is 4.79 Å². The van der Waals surface area contributed by atoms with E-state index in [9.17, 15) is 13.6 Å². The molecular formula is C18H14F2N2O3. The number of nitrogens with one attached hydrogen (secondary N) is 1. The summed E-state index contributed by atoms with van der Waals surface area (Å²) in [6, 6.07) is 12.9. The number of nitriles is 1. The molecule has 2 aromatic rings. The Hall–Kier alpha value is -3.40. The molecule has 0 aromatic heterocycles. The number of rotatable bonds is 6. The van der Waals surface area contributed by atoms with Gasteiger partial charge in [-0.25, -0.2) is 0 Å². The lowest BCUT2D eigenvalue weighted by atomic mass is 10.1. The third-order valence-corrected chi connectivity index (χ3v) is 3.14. The van der Waals surface area contributed by atoms with Gasteiger partial charge in [-0.15, -0.1) is 0 Å². The molecule has 0 atom stereocenters. The molecule has 0 radical (unpaired) electrons. The fourth-order valence-electron chi connectivity index (χ4n) is 2.02. The number of hydrogen-bond donors (Lipinski definition) is 1. The smallest absolute Gasteiger partial charge is 0.387 e. The number of carbonyl (C=O) groups excluding carboxylic acids is 1. The molecule has 0 saturated carbocycles. The first-order valence-corrected chi connectivity index (χ1v) is 7.14. The predicted molar refractivity (Wildman–Crippen MR) is 88.4 cm³/mol. The number of para-hydroxylation sites is 1. The number of carbonyl (C=O) groups is 1. The highest BCUT2D eigenvalue weighted by Crippen LogP contribution is 2.29. The number of benzene rings is 2. The van der Waals surface area contributed by atoms with Crippen molar-refractivity contribution < 1.29 is 23.0 Å². The lowest BCUT2D eigenvalue weighted by molar-refractivity contribution is -0.111. The summed E-state index contributed by atoms with van der Waals surface area (Å²) in [5.74, 6) is -0.408. The molecule has 1 amide bonds. The molecule has 7 heteroatoms. The average Bonchev–Trinajstić information content (AvgIpc) is 2.60. The van der Waals surface area contributed by atoms with E-state index >= 15 is 0 Å². The normalized spacial score (nSPS) is 10.5. The number of halogens is 2. The Kier molecular flexibility index (Phi) is 6.07. The summed E-state index contributed by atoms with van der Waals surface area (Å²) in [4.78, 5) is 12.0. The van der Waals surface area contributed by atoms with E-state index in [0.29, 0.717) is 16.8 Å². The summed E-state index contributed by atoms with van der Waals surface area (Å²) in [7, 11) is 1.33. The van der Waals surface area contributed by atoms with Crippen LogP contribution in [0.3, 0.4) is 0 Å². The van der Waals surface area contributed by atoms with Crippen LogP contribution in [-0.4, -0.2) is 19.6 Å². The minimum atomic E-state index is -2.96. The van der Waals surface area contributed by atoms with Crippen molar-refractivity contribution in [2.75, 3.05) is 12.4 Å². The molecule has 128 valence electrons. The summed E-state index contributed by atoms with van der Waals surface area (Å²) in [5.41, 5.74) is 1.31. The fraction of sp³-hybridized carbons (Fsp3) is 0.111. The van der Waals surface area contributed by atoms with E-state index in [4.69, 9.17) is 10.00 Å². The third-order valence-electron chi connectivity index (χ3n) is 3.14. The third kappa shape index (κ3) is 5.04. The van der Waals surface area contributed by atoms with Gasteiger partial charge in [0, 0.05) is 6.08 Å². The zero-order valence-corrected chi connectivity index (χ0v) is 13.2. The zero-order chi connectivity index (χ0) is 18.2. The number of ether oxygens (including phenoxy) is 2. The molecule has 0 spiro atoms. The molecule has 0 aliphatic heterocycles. The first-order valence-electron chi connectivity index (χ1n) is 7.14. The van der Waals surface area contributed by atoms with E-state index in [0.717, 1.165) is 0 Å². The summed E-state index contributed by atoms with van der Waals surface area (Å²) in [5, 5.41) is 11.6. The van der Waals surface area contributed by atoms with Crippen molar-refractivity contribution in [1.29, 1.82) is 5.26 Å². The van der Waals surface area contributed by atoms with Crippen LogP contribution >= 0.6 is 0 Å². The first-order chi connectivity index (χ1) is 12.0. The van der Waals surface area contributed by atoms with Crippen molar-refractivity contribution in [1.82, 2.24) is 0 Å². The van der Waals surface area contributed by atoms with Gasteiger partial charge in [-0.1, -0.05) is 18.2 Å². The number of anilines is 1. The topological polar surface area (TPSA) is 71.3 Å². The Balaban J connectivity index is 2.10. The van der Waals surface area contributed by atoms with Crippen LogP contribution in [0.4, 0.5) is 14.5 Å². The van der Waals surface area contributed by atoms with Crippen LogP contribution in [0.15, 0.2) is 48.5 Å². The van der Waals surface area contributed by atoms with Gasteiger partial charge in [0.05, 0.1) is 18.4 Å². The van der Waals surface area contributed by atoms with E-state index in [1.807, 2.05) is 6.07 Å². The van der Waals surface area contributed by atoms with Gasteiger partial charge in [0.15, 0.2) is 11.5 Å². The highest BCUT2D eigenvalue weighted by molar-refractivity contribution is 6.02. The molecule has 0 bridgehead atoms. The van der Waals surface area contributed by atoms with Gasteiger partial charge in [0.1, 0.15) is 6.07 Å². The second-order valence-electron chi connectivity index (χ2n) is 4.77. The van der Waals surface area contributed by atoms with Gasteiger partial charge in [-0.05, 0) is 35.9 Å². The maximum absolute atomic E-state index is 12.3. The van der Waals surface area contributed by atoms with Gasteiger partial charge in [0.2, 0.25) is 5.91 Å². The van der Waals surface area contributed by atoms with Crippen molar-refractivity contribution in [3.63, 3.8) is 0 Å². The monoisotopic (exact) mass is 344 g/mol. The molecule has 0 fully saturated rings. The number of methoxy groups -OCH3 is 1. The van der Waals surface area contributed by atoms with Crippen LogP contribution in [0, 0.1) is 11.3 Å². The molecule has 2 aromatic carbocycles. The number of alkyl halides is 2. The van der Waals surface area contributed by atoms with Crippen molar-refractivity contribution in [2.45, 2.75) is 6.61 Å². The van der Waals surface area contributed by atoms with Crippen LogP contribution < -0.4 is 14.8 Å². The van der Waals surface area contributed by atoms with Gasteiger partial charge in [0.25, 0.3) is 0 Å². The molecular weight excluding hydrogens is 330 g/mol. The molecule has 1 N–H and O–H groups in total. The van der Waals surface area contributed by atoms with E-state index in [-0.39, 0.29) is 11.5 Å². The highest BCUT2D eigenvalue weighted by atomic mass is 19.3. The van der Waals surface area contributed by atoms with Crippen LogP contribution in [0.25, 0.3) is 6.08 Å². The Labute approximate surface area is 143 Å². The molecule has 0 unspecified atom stereocenters. The van der Waals surface area contributed by atoms with Crippen LogP contribution in [0.5, 0.6) is 11.5 Å². The second kappa shape index (κ2) is 8.45. The SMILES string of the molecule is COc1cc(C=CC(=O)Nc2ccccc2C#N)ccc1OC(F)F. The fourth-order valence-corrected chi connectivity index (χ4v) is 2.02. The largest absolute Gasteiger partial charge is 0.493 e. The van der Waals surface area contributed by atoms with Gasteiger partial charge < -0.3 is 14.8 Å². The van der Waals surface area contributed by atoms with Crippen molar-refractivity contribution in [3.05, 3.63) is 59.7 Å². The number of hydrogen-bond acceptors (Lipinski definition) is 4. The van der Waals surface area contributed by atoms with Crippen LogP contribution in [-0.2, 0) is 4.79 Å². The second-order valence-corrected chi connectivity index (χ2v) is 4.77. The summed E-state index contributed by atoms with van der Waals surface area (Å²) in [6.07, 6.45) is 2.75. The first kappa shape index (κ1) is 17.9. The van der Waals surface area contributed by atoms with Crippen LogP contribution in [0.1, 0.15) is 11.1 Å². The lowest BCUT2D eigenvalue weighted by Crippen LogP contribution is -2.08. The summed E-state index contributed by atoms with van der Waals surface area (Å²) >= 11 is 0. The molecule has 25 heavy (non-hydrogen) atoms. The molecule has 0 aliphatic rings. The van der Waals surface area contributed by atoms with Crippen LogP contribution in [0.2, 0.25) is 0 Å². The Morgan fingerprint density at radius 2 is 2.00 bits per heavy atom. The summed E-state index contributed by atoms with van der Waals surface area (Å²) in [6.45, 7) is -2.96. The molecule has 0 aliphatic carbocycles. The van der Waals surface area contributed by atoms with Crippen molar-refractivity contribution >= 4 is 17.7 Å². The number of nitrogens with zero attached hydrogens (tertiary/aromatic N) is 1. The van der Waals surface area contributed by atoms with E-state index < -0.39 is 12.5 Å². The highest BCUT2D eigenvalue weighted by Gasteiger charge is 2.10. The minimum Gasteiger partial charge on any atom is -0.493 e. The van der Waals surface area contributed by atoms with Gasteiger partial charge in [-0.2, -0.15) is 14.0 Å². The average molecular weight is 344 g/mol. The van der Waals surface area contributed by atoms with Gasteiger partial charge >= 0.3 is 6.61 Å². The van der Waals surface area contributed by atoms with E-state index in [2.05, 4.69) is 10.1 Å². The Bertz CT molecular complexity index is 829. The maximum Gasteiger partial charge on any atom is 0.387 e. The Morgan fingerprint density at radius 3 is 2.68 bits per heavy atom. The molecule has 5 nitrogen and oxygen atoms in total. The summed E-state index contributed by atoms with van der Waals surface area (Å²) < 4.78 is 33.9. The van der Waals surface area contributed by atoms with E-state index in [1.54, 1.807) is 24.3 Å². The lowest BCUT2D eigenvalue weighted by Gasteiger charge is -2.10.